The zero-order valence-electron chi connectivity index (χ0n) is 9.12. The Morgan fingerprint density at radius 3 is 3.06 bits per heavy atom. The molecule has 17 heavy (non-hydrogen) atoms. The Morgan fingerprint density at radius 1 is 1.53 bits per heavy atom. The minimum atomic E-state index is -1.03. The van der Waals surface area contributed by atoms with Gasteiger partial charge in [-0.3, -0.25) is 0 Å². The highest BCUT2D eigenvalue weighted by atomic mass is 79.9. The van der Waals surface area contributed by atoms with E-state index in [9.17, 15) is 4.39 Å². The predicted molar refractivity (Wildman–Crippen MR) is 65.7 cm³/mol. The lowest BCUT2D eigenvalue weighted by molar-refractivity contribution is 0.0729. The topological polar surface area (TPSA) is 45.0 Å². The smallest absolute Gasteiger partial charge is 0.149 e. The third kappa shape index (κ3) is 2.96. The van der Waals surface area contributed by atoms with Gasteiger partial charge in [0.15, 0.2) is 0 Å². The number of nitrogens with zero attached hydrogens (tertiary/aromatic N) is 1. The molecule has 0 unspecified atom stereocenters. The van der Waals surface area contributed by atoms with Gasteiger partial charge >= 0.3 is 0 Å². The molecule has 1 aromatic carbocycles. The van der Waals surface area contributed by atoms with E-state index in [0.717, 1.165) is 11.0 Å². The van der Waals surface area contributed by atoms with Gasteiger partial charge in [0.25, 0.3) is 0 Å². The molecule has 1 aromatic rings. The summed E-state index contributed by atoms with van der Waals surface area (Å²) < 4.78 is 20.0. The van der Waals surface area contributed by atoms with Gasteiger partial charge < -0.3 is 10.1 Å². The molecule has 0 spiro atoms. The molecule has 5 heteroatoms. The van der Waals surface area contributed by atoms with Crippen LogP contribution in [0.4, 0.5) is 4.39 Å². The lowest BCUT2D eigenvalue weighted by Crippen LogP contribution is -2.44. The first kappa shape index (κ1) is 12.3. The normalized spacial score (nSPS) is 24.1. The average Bonchev–Trinajstić information content (AvgIpc) is 2.34. The molecule has 0 amide bonds. The minimum Gasteiger partial charge on any atom is -0.486 e. The van der Waals surface area contributed by atoms with E-state index in [-0.39, 0.29) is 0 Å². The average molecular weight is 299 g/mol. The molecule has 1 saturated heterocycles. The number of ether oxygens (including phenoxy) is 1. The van der Waals surface area contributed by atoms with Crippen LogP contribution in [0.1, 0.15) is 12.0 Å². The van der Waals surface area contributed by atoms with Crippen LogP contribution in [0.5, 0.6) is 5.75 Å². The number of rotatable bonds is 2. The number of hydrogen-bond donors (Lipinski definition) is 1. The van der Waals surface area contributed by atoms with Crippen LogP contribution in [-0.4, -0.2) is 25.4 Å². The first-order valence-corrected chi connectivity index (χ1v) is 6.21. The molecule has 1 fully saturated rings. The fourth-order valence-corrected chi connectivity index (χ4v) is 2.15. The van der Waals surface area contributed by atoms with E-state index in [1.165, 1.54) is 0 Å². The van der Waals surface area contributed by atoms with Crippen molar-refractivity contribution in [2.75, 3.05) is 13.1 Å². The van der Waals surface area contributed by atoms with E-state index < -0.39 is 12.3 Å². The lowest BCUT2D eigenvalue weighted by atomic mass is 10.1. The van der Waals surface area contributed by atoms with Crippen molar-refractivity contribution in [2.24, 2.45) is 0 Å². The second-order valence-corrected chi connectivity index (χ2v) is 4.83. The molecule has 1 N–H and O–H groups in total. The maximum Gasteiger partial charge on any atom is 0.149 e. The molecule has 0 radical (unpaired) electrons. The van der Waals surface area contributed by atoms with E-state index in [1.807, 2.05) is 6.07 Å². The zero-order valence-corrected chi connectivity index (χ0v) is 10.7. The predicted octanol–water partition coefficient (Wildman–Crippen LogP) is 2.40. The number of alkyl halides is 1. The largest absolute Gasteiger partial charge is 0.486 e. The van der Waals surface area contributed by atoms with Crippen LogP contribution >= 0.6 is 15.9 Å². The van der Waals surface area contributed by atoms with E-state index in [1.54, 1.807) is 18.2 Å². The summed E-state index contributed by atoms with van der Waals surface area (Å²) in [5, 5.41) is 11.9. The lowest BCUT2D eigenvalue weighted by Gasteiger charge is -2.27. The Labute approximate surface area is 108 Å². The third-order valence-corrected chi connectivity index (χ3v) is 3.18. The van der Waals surface area contributed by atoms with Crippen molar-refractivity contribution in [2.45, 2.75) is 18.7 Å². The maximum absolute atomic E-state index is 13.6. The Kier molecular flexibility index (Phi) is 3.97. The van der Waals surface area contributed by atoms with E-state index in [2.05, 4.69) is 21.2 Å². The van der Waals surface area contributed by atoms with Crippen LogP contribution in [0, 0.1) is 11.3 Å². The Morgan fingerprint density at radius 2 is 2.35 bits per heavy atom. The van der Waals surface area contributed by atoms with Gasteiger partial charge in [0.1, 0.15) is 24.1 Å². The molecule has 2 rings (SSSR count). The Hall–Kier alpha value is -1.12. The summed E-state index contributed by atoms with van der Waals surface area (Å²) in [5.74, 6) is 0.449. The Bertz CT molecular complexity index is 447. The van der Waals surface area contributed by atoms with Crippen LogP contribution in [0.3, 0.4) is 0 Å². The van der Waals surface area contributed by atoms with Crippen LogP contribution in [-0.2, 0) is 0 Å². The fourth-order valence-electron chi connectivity index (χ4n) is 1.78. The summed E-state index contributed by atoms with van der Waals surface area (Å²) in [6, 6.07) is 7.19. The molecule has 0 aromatic heterocycles. The second-order valence-electron chi connectivity index (χ2n) is 3.92. The van der Waals surface area contributed by atoms with Crippen molar-refractivity contribution < 1.29 is 9.13 Å². The standard InChI is InChI=1S/C12H12BrFN2O/c13-9-1-2-11(8(5-9)6-15)17-12-3-4-16-7-10(12)14/h1-2,5,10,12,16H,3-4,7H2/t10-,12-/m0/s1. The molecular weight excluding hydrogens is 287 g/mol. The van der Waals surface area contributed by atoms with Crippen LogP contribution in [0.2, 0.25) is 0 Å². The van der Waals surface area contributed by atoms with Gasteiger partial charge in [-0.15, -0.1) is 0 Å². The van der Waals surface area contributed by atoms with E-state index in [0.29, 0.717) is 24.3 Å². The van der Waals surface area contributed by atoms with Crippen molar-refractivity contribution in [1.29, 1.82) is 5.26 Å². The van der Waals surface area contributed by atoms with Gasteiger partial charge in [0, 0.05) is 11.0 Å². The van der Waals surface area contributed by atoms with Gasteiger partial charge in [0.05, 0.1) is 5.56 Å². The number of nitrogens with one attached hydrogen (secondary N) is 1. The Balaban J connectivity index is 2.15. The van der Waals surface area contributed by atoms with Gasteiger partial charge in [-0.25, -0.2) is 4.39 Å². The van der Waals surface area contributed by atoms with Crippen molar-refractivity contribution in [3.8, 4) is 11.8 Å². The van der Waals surface area contributed by atoms with Gasteiger partial charge in [-0.2, -0.15) is 5.26 Å². The highest BCUT2D eigenvalue weighted by molar-refractivity contribution is 9.10. The number of nitriles is 1. The van der Waals surface area contributed by atoms with E-state index in [4.69, 9.17) is 10.00 Å². The molecule has 2 atom stereocenters. The second kappa shape index (κ2) is 5.48. The van der Waals surface area contributed by atoms with Gasteiger partial charge in [0.2, 0.25) is 0 Å². The molecule has 0 saturated carbocycles. The summed E-state index contributed by atoms with van der Waals surface area (Å²) in [4.78, 5) is 0. The SMILES string of the molecule is N#Cc1cc(Br)ccc1O[C@H]1CCNC[C@@H]1F. The maximum atomic E-state index is 13.6. The van der Waals surface area contributed by atoms with Gasteiger partial charge in [-0.05, 0) is 31.2 Å². The summed E-state index contributed by atoms with van der Waals surface area (Å²) in [7, 11) is 0. The summed E-state index contributed by atoms with van der Waals surface area (Å²) in [6.45, 7) is 1.05. The summed E-state index contributed by atoms with van der Waals surface area (Å²) in [6.07, 6.45) is -0.884. The fraction of sp³-hybridized carbons (Fsp3) is 0.417. The molecule has 3 nitrogen and oxygen atoms in total. The summed E-state index contributed by atoms with van der Waals surface area (Å²) >= 11 is 3.28. The van der Waals surface area contributed by atoms with Crippen molar-refractivity contribution in [3.63, 3.8) is 0 Å². The van der Waals surface area contributed by atoms with Crippen LogP contribution in [0.15, 0.2) is 22.7 Å². The highest BCUT2D eigenvalue weighted by Crippen LogP contribution is 2.25. The molecule has 1 aliphatic heterocycles. The van der Waals surface area contributed by atoms with Crippen molar-refractivity contribution >= 4 is 15.9 Å². The van der Waals surface area contributed by atoms with Crippen LogP contribution < -0.4 is 10.1 Å². The molecule has 90 valence electrons. The quantitative estimate of drug-likeness (QED) is 0.912. The molecule has 1 aliphatic rings. The van der Waals surface area contributed by atoms with Gasteiger partial charge in [-0.1, -0.05) is 15.9 Å². The molecule has 0 bridgehead atoms. The van der Waals surface area contributed by atoms with E-state index >= 15 is 0 Å². The summed E-state index contributed by atoms with van der Waals surface area (Å²) in [5.41, 5.74) is 0.421. The van der Waals surface area contributed by atoms with Crippen molar-refractivity contribution in [1.82, 2.24) is 5.32 Å². The first-order valence-electron chi connectivity index (χ1n) is 5.42. The number of piperidine rings is 1. The highest BCUT2D eigenvalue weighted by Gasteiger charge is 2.26. The minimum absolute atomic E-state index is 0.309. The van der Waals surface area contributed by atoms with Crippen LogP contribution in [0.25, 0.3) is 0 Å². The van der Waals surface area contributed by atoms with Crippen molar-refractivity contribution in [3.05, 3.63) is 28.2 Å². The number of halogens is 2. The monoisotopic (exact) mass is 298 g/mol. The molecule has 1 heterocycles. The molecular formula is C12H12BrFN2O. The zero-order chi connectivity index (χ0) is 12.3. The number of hydrogen-bond acceptors (Lipinski definition) is 3. The molecule has 0 aliphatic carbocycles. The third-order valence-electron chi connectivity index (χ3n) is 2.69. The number of benzene rings is 1. The first-order chi connectivity index (χ1) is 8.20.